The molecule has 2 atom stereocenters. The summed E-state index contributed by atoms with van der Waals surface area (Å²) in [5, 5.41) is 6.17. The van der Waals surface area contributed by atoms with Crippen LogP contribution in [-0.2, 0) is 9.53 Å². The van der Waals surface area contributed by atoms with Crippen molar-refractivity contribution in [3.05, 3.63) is 54.1 Å². The smallest absolute Gasteiger partial charge is 0.328 e. The molecule has 0 aliphatic carbocycles. The van der Waals surface area contributed by atoms with Crippen molar-refractivity contribution in [3.63, 3.8) is 0 Å². The fourth-order valence-corrected chi connectivity index (χ4v) is 3.44. The van der Waals surface area contributed by atoms with Gasteiger partial charge in [-0.2, -0.15) is 11.8 Å². The van der Waals surface area contributed by atoms with E-state index < -0.39 is 12.0 Å². The van der Waals surface area contributed by atoms with Crippen LogP contribution in [0.5, 0.6) is 0 Å². The minimum Gasteiger partial charge on any atom is -0.467 e. The quantitative estimate of drug-likeness (QED) is 0.473. The number of benzene rings is 2. The first-order chi connectivity index (χ1) is 14.5. The molecule has 2 aromatic rings. The van der Waals surface area contributed by atoms with Crippen molar-refractivity contribution >= 4 is 29.3 Å². The third-order valence-corrected chi connectivity index (χ3v) is 5.49. The van der Waals surface area contributed by atoms with E-state index in [9.17, 15) is 9.59 Å². The van der Waals surface area contributed by atoms with E-state index in [4.69, 9.17) is 10.5 Å². The molecule has 6 nitrogen and oxygen atoms in total. The molecule has 2 rings (SSSR count). The van der Waals surface area contributed by atoms with Crippen LogP contribution in [0.25, 0.3) is 11.1 Å². The molecule has 0 aliphatic rings. The minimum absolute atomic E-state index is 0.0606. The van der Waals surface area contributed by atoms with Crippen molar-refractivity contribution in [2.45, 2.75) is 31.8 Å². The number of hydrogen-bond donors (Lipinski definition) is 3. The molecule has 162 valence electrons. The van der Waals surface area contributed by atoms with Crippen LogP contribution in [0.15, 0.2) is 48.5 Å². The lowest BCUT2D eigenvalue weighted by Gasteiger charge is -2.19. The van der Waals surface area contributed by atoms with E-state index in [0.717, 1.165) is 29.0 Å². The lowest BCUT2D eigenvalue weighted by atomic mass is 9.98. The second-order valence-corrected chi connectivity index (χ2v) is 7.99. The Morgan fingerprint density at radius 2 is 1.90 bits per heavy atom. The Kier molecular flexibility index (Phi) is 9.70. The number of thioether (sulfide) groups is 1. The van der Waals surface area contributed by atoms with Crippen molar-refractivity contribution in [1.82, 2.24) is 5.32 Å². The van der Waals surface area contributed by atoms with Crippen molar-refractivity contribution in [1.29, 1.82) is 0 Å². The average molecular weight is 430 g/mol. The summed E-state index contributed by atoms with van der Waals surface area (Å²) < 4.78 is 4.86. The molecular weight excluding hydrogens is 398 g/mol. The molecule has 1 amide bonds. The highest BCUT2D eigenvalue weighted by Gasteiger charge is 2.23. The fourth-order valence-electron chi connectivity index (χ4n) is 2.96. The minimum atomic E-state index is -0.682. The third kappa shape index (κ3) is 6.78. The number of amides is 1. The van der Waals surface area contributed by atoms with E-state index in [1.165, 1.54) is 7.11 Å². The van der Waals surface area contributed by atoms with Gasteiger partial charge in [-0.25, -0.2) is 4.79 Å². The Morgan fingerprint density at radius 1 is 1.17 bits per heavy atom. The maximum absolute atomic E-state index is 13.1. The predicted octanol–water partition coefficient (Wildman–Crippen LogP) is 3.53. The molecule has 0 saturated heterocycles. The molecule has 30 heavy (non-hydrogen) atoms. The number of nitrogens with two attached hydrogens (primary N) is 1. The number of methoxy groups -OCH3 is 1. The normalized spacial score (nSPS) is 12.7. The largest absolute Gasteiger partial charge is 0.467 e. The van der Waals surface area contributed by atoms with Crippen molar-refractivity contribution < 1.29 is 14.3 Å². The molecule has 7 heteroatoms. The summed E-state index contributed by atoms with van der Waals surface area (Å²) in [5.74, 6) is -0.000708. The van der Waals surface area contributed by atoms with Crippen LogP contribution in [0.3, 0.4) is 0 Å². The highest BCUT2D eigenvalue weighted by molar-refractivity contribution is 7.98. The molecule has 0 heterocycles. The summed E-state index contributed by atoms with van der Waals surface area (Å²) in [6.07, 6.45) is 3.35. The van der Waals surface area contributed by atoms with Gasteiger partial charge in [-0.3, -0.25) is 4.79 Å². The summed E-state index contributed by atoms with van der Waals surface area (Å²) in [4.78, 5) is 25.2. The van der Waals surface area contributed by atoms with Gasteiger partial charge in [0.2, 0.25) is 0 Å². The number of rotatable bonds is 11. The number of carbonyl (C=O) groups excluding carboxylic acids is 2. The monoisotopic (exact) mass is 429 g/mol. The lowest BCUT2D eigenvalue weighted by molar-refractivity contribution is -0.142. The number of ether oxygens (including phenoxy) is 1. The number of esters is 1. The van der Waals surface area contributed by atoms with Gasteiger partial charge in [-0.1, -0.05) is 37.3 Å². The van der Waals surface area contributed by atoms with Crippen molar-refractivity contribution in [2.24, 2.45) is 5.73 Å². The number of nitrogens with one attached hydrogen (secondary N) is 2. The molecule has 0 unspecified atom stereocenters. The topological polar surface area (TPSA) is 93.5 Å². The van der Waals surface area contributed by atoms with Gasteiger partial charge in [0, 0.05) is 23.8 Å². The van der Waals surface area contributed by atoms with Crippen molar-refractivity contribution in [2.75, 3.05) is 31.0 Å². The van der Waals surface area contributed by atoms with Crippen LogP contribution in [0.4, 0.5) is 5.69 Å². The molecular formula is C23H31N3O3S. The van der Waals surface area contributed by atoms with E-state index in [1.807, 2.05) is 55.6 Å². The second-order valence-electron chi connectivity index (χ2n) is 7.01. The second kappa shape index (κ2) is 12.2. The van der Waals surface area contributed by atoms with Gasteiger partial charge in [0.1, 0.15) is 6.04 Å². The Labute approximate surface area is 183 Å². The Morgan fingerprint density at radius 3 is 2.53 bits per heavy atom. The molecule has 4 N–H and O–H groups in total. The van der Waals surface area contributed by atoms with Gasteiger partial charge < -0.3 is 21.1 Å². The first-order valence-corrected chi connectivity index (χ1v) is 11.5. The molecule has 0 saturated carbocycles. The van der Waals surface area contributed by atoms with Gasteiger partial charge >= 0.3 is 5.97 Å². The first kappa shape index (κ1) is 23.8. The summed E-state index contributed by atoms with van der Waals surface area (Å²) in [6, 6.07) is 14.7. The van der Waals surface area contributed by atoms with Gasteiger partial charge in [0.05, 0.1) is 7.11 Å². The summed E-state index contributed by atoms with van der Waals surface area (Å²) in [5.41, 5.74) is 9.12. The van der Waals surface area contributed by atoms with E-state index in [0.29, 0.717) is 18.5 Å². The zero-order chi connectivity index (χ0) is 21.9. The summed E-state index contributed by atoms with van der Waals surface area (Å²) in [6.45, 7) is 2.69. The van der Waals surface area contributed by atoms with Crippen LogP contribution in [0, 0.1) is 0 Å². The number of carbonyl (C=O) groups is 2. The van der Waals surface area contributed by atoms with E-state index in [-0.39, 0.29) is 11.9 Å². The lowest BCUT2D eigenvalue weighted by Crippen LogP contribution is -2.42. The van der Waals surface area contributed by atoms with Crippen LogP contribution < -0.4 is 16.4 Å². The third-order valence-electron chi connectivity index (χ3n) is 4.84. The zero-order valence-electron chi connectivity index (χ0n) is 17.8. The highest BCUT2D eigenvalue weighted by atomic mass is 32.2. The fraction of sp³-hybridized carbons (Fsp3) is 0.391. The van der Waals surface area contributed by atoms with Crippen molar-refractivity contribution in [3.8, 4) is 11.1 Å². The standard InChI is InChI=1S/C23H31N3O3S/c1-4-17(24)15-25-18-10-11-19(20(14-18)16-8-6-5-7-9-16)22(27)26-21(12-13-30-3)23(28)29-2/h5-11,14,17,21,25H,4,12-13,15,24H2,1-3H3,(H,26,27)/t17-,21-/m0/s1. The van der Waals surface area contributed by atoms with Crippen LogP contribution >= 0.6 is 11.8 Å². The van der Waals surface area contributed by atoms with Gasteiger partial charge in [-0.05, 0) is 54.2 Å². The predicted molar refractivity (Wildman–Crippen MR) is 125 cm³/mol. The Hall–Kier alpha value is -2.51. The first-order valence-electron chi connectivity index (χ1n) is 10.1. The van der Waals surface area contributed by atoms with E-state index >= 15 is 0 Å². The highest BCUT2D eigenvalue weighted by Crippen LogP contribution is 2.27. The molecule has 0 fully saturated rings. The number of anilines is 1. The summed E-state index contributed by atoms with van der Waals surface area (Å²) in [7, 11) is 1.33. The van der Waals surface area contributed by atoms with Crippen LogP contribution in [0.1, 0.15) is 30.1 Å². The molecule has 0 aromatic heterocycles. The molecule has 0 radical (unpaired) electrons. The Balaban J connectivity index is 2.32. The molecule has 0 bridgehead atoms. The average Bonchev–Trinajstić information content (AvgIpc) is 2.79. The molecule has 2 aromatic carbocycles. The maximum Gasteiger partial charge on any atom is 0.328 e. The van der Waals surface area contributed by atoms with E-state index in [1.54, 1.807) is 17.8 Å². The molecule has 0 aliphatic heterocycles. The number of hydrogen-bond acceptors (Lipinski definition) is 6. The maximum atomic E-state index is 13.1. The Bertz CT molecular complexity index is 830. The molecule has 0 spiro atoms. The summed E-state index contributed by atoms with van der Waals surface area (Å²) >= 11 is 1.61. The van der Waals surface area contributed by atoms with Gasteiger partial charge in [-0.15, -0.1) is 0 Å². The van der Waals surface area contributed by atoms with Crippen LogP contribution in [0.2, 0.25) is 0 Å². The zero-order valence-corrected chi connectivity index (χ0v) is 18.6. The SMILES string of the molecule is CC[C@H](N)CNc1ccc(C(=O)N[C@@H](CCSC)C(=O)OC)c(-c2ccccc2)c1. The van der Waals surface area contributed by atoms with E-state index in [2.05, 4.69) is 10.6 Å². The van der Waals surface area contributed by atoms with Gasteiger partial charge in [0.25, 0.3) is 5.91 Å². The van der Waals surface area contributed by atoms with Gasteiger partial charge in [0.15, 0.2) is 0 Å². The van der Waals surface area contributed by atoms with Crippen LogP contribution in [-0.4, -0.2) is 49.6 Å².